The molecule has 0 atom stereocenters. The maximum Gasteiger partial charge on any atom is 0.261 e. The van der Waals surface area contributed by atoms with Gasteiger partial charge in [0.25, 0.3) is 11.8 Å². The molecule has 1 amide bonds. The molecular formula is C15H14Cl2F2N6O. The molecule has 1 aliphatic heterocycles. The molecule has 1 saturated heterocycles. The molecule has 0 aromatic carbocycles. The monoisotopic (exact) mass is 402 g/mol. The number of aryl methyl sites for hydroxylation is 1. The average Bonchev–Trinajstić information content (AvgIpc) is 2.54. The van der Waals surface area contributed by atoms with Crippen molar-refractivity contribution < 1.29 is 13.6 Å². The lowest BCUT2D eigenvalue weighted by Crippen LogP contribution is -2.40. The van der Waals surface area contributed by atoms with Gasteiger partial charge in [-0.2, -0.15) is 4.98 Å². The van der Waals surface area contributed by atoms with E-state index in [1.54, 1.807) is 17.9 Å². The van der Waals surface area contributed by atoms with E-state index in [0.717, 1.165) is 0 Å². The highest BCUT2D eigenvalue weighted by atomic mass is 35.5. The SMILES string of the molecule is Cc1cc(NC(=O)c2cnc(Cl)nc2Cl)nc(N2CCC(F)(F)CC2)n1. The summed E-state index contributed by atoms with van der Waals surface area (Å²) in [6.45, 7) is 2.00. The molecule has 7 nitrogen and oxygen atoms in total. The van der Waals surface area contributed by atoms with Crippen molar-refractivity contribution in [3.63, 3.8) is 0 Å². The number of carbonyl (C=O) groups is 1. The van der Waals surface area contributed by atoms with E-state index in [-0.39, 0.29) is 53.7 Å². The van der Waals surface area contributed by atoms with Crippen molar-refractivity contribution in [3.8, 4) is 0 Å². The zero-order valence-corrected chi connectivity index (χ0v) is 15.2. The Morgan fingerprint density at radius 1 is 1.23 bits per heavy atom. The number of carbonyl (C=O) groups excluding carboxylic acids is 1. The van der Waals surface area contributed by atoms with E-state index in [2.05, 4.69) is 25.3 Å². The Morgan fingerprint density at radius 3 is 2.58 bits per heavy atom. The molecule has 26 heavy (non-hydrogen) atoms. The third kappa shape index (κ3) is 4.34. The standard InChI is InChI=1S/C15H14Cl2F2N6O/c1-8-6-10(22-12(26)9-7-20-13(17)24-11(9)16)23-14(21-8)25-4-2-15(18,19)3-5-25/h6-7H,2-5H2,1H3,(H,21,22,23,26). The summed E-state index contributed by atoms with van der Waals surface area (Å²) < 4.78 is 26.6. The molecule has 2 aromatic rings. The highest BCUT2D eigenvalue weighted by Crippen LogP contribution is 2.29. The van der Waals surface area contributed by atoms with Crippen molar-refractivity contribution in [3.05, 3.63) is 34.0 Å². The van der Waals surface area contributed by atoms with Crippen molar-refractivity contribution in [2.75, 3.05) is 23.3 Å². The van der Waals surface area contributed by atoms with Crippen LogP contribution in [0, 0.1) is 6.92 Å². The number of nitrogens with zero attached hydrogens (tertiary/aromatic N) is 5. The van der Waals surface area contributed by atoms with Crippen LogP contribution in [-0.2, 0) is 0 Å². The quantitative estimate of drug-likeness (QED) is 0.625. The summed E-state index contributed by atoms with van der Waals surface area (Å²) in [7, 11) is 0. The van der Waals surface area contributed by atoms with Gasteiger partial charge in [-0.25, -0.2) is 23.7 Å². The van der Waals surface area contributed by atoms with Crippen molar-refractivity contribution in [1.29, 1.82) is 0 Å². The molecule has 2 aromatic heterocycles. The fourth-order valence-corrected chi connectivity index (χ4v) is 2.86. The first-order chi connectivity index (χ1) is 12.2. The number of rotatable bonds is 3. The van der Waals surface area contributed by atoms with E-state index in [1.807, 2.05) is 0 Å². The van der Waals surface area contributed by atoms with Gasteiger partial charge >= 0.3 is 0 Å². The Hall–Kier alpha value is -2.13. The maximum absolute atomic E-state index is 13.3. The minimum atomic E-state index is -2.66. The molecule has 3 rings (SSSR count). The van der Waals surface area contributed by atoms with Crippen LogP contribution in [0.25, 0.3) is 0 Å². The van der Waals surface area contributed by atoms with Gasteiger partial charge in [-0.1, -0.05) is 11.6 Å². The van der Waals surface area contributed by atoms with Crippen LogP contribution in [-0.4, -0.2) is 44.9 Å². The molecule has 11 heteroatoms. The Bertz CT molecular complexity index is 841. The normalized spacial score (nSPS) is 16.4. The lowest BCUT2D eigenvalue weighted by atomic mass is 10.1. The zero-order chi connectivity index (χ0) is 18.9. The van der Waals surface area contributed by atoms with E-state index < -0.39 is 11.8 Å². The van der Waals surface area contributed by atoms with Crippen LogP contribution in [0.2, 0.25) is 10.4 Å². The van der Waals surface area contributed by atoms with E-state index in [9.17, 15) is 13.6 Å². The predicted molar refractivity (Wildman–Crippen MR) is 93.2 cm³/mol. The molecule has 0 saturated carbocycles. The fraction of sp³-hybridized carbons (Fsp3) is 0.400. The number of anilines is 2. The van der Waals surface area contributed by atoms with E-state index in [0.29, 0.717) is 5.69 Å². The maximum atomic E-state index is 13.3. The largest absolute Gasteiger partial charge is 0.340 e. The number of halogens is 4. The summed E-state index contributed by atoms with van der Waals surface area (Å²) in [5.74, 6) is -2.72. The minimum absolute atomic E-state index is 0.0338. The molecule has 0 unspecified atom stereocenters. The number of aromatic nitrogens is 4. The lowest BCUT2D eigenvalue weighted by Gasteiger charge is -2.31. The Balaban J connectivity index is 1.78. The first kappa shape index (κ1) is 18.7. The second-order valence-electron chi connectivity index (χ2n) is 5.84. The van der Waals surface area contributed by atoms with E-state index in [4.69, 9.17) is 23.2 Å². The van der Waals surface area contributed by atoms with Gasteiger partial charge in [0.05, 0.1) is 5.56 Å². The zero-order valence-electron chi connectivity index (χ0n) is 13.6. The predicted octanol–water partition coefficient (Wildman–Crippen LogP) is 3.37. The number of hydrogen-bond donors (Lipinski definition) is 1. The molecule has 0 radical (unpaired) electrons. The summed E-state index contributed by atoms with van der Waals surface area (Å²) in [5.41, 5.74) is 0.618. The highest BCUT2D eigenvalue weighted by molar-refractivity contribution is 6.34. The number of alkyl halides is 2. The topological polar surface area (TPSA) is 83.9 Å². The van der Waals surface area contributed by atoms with Crippen molar-refractivity contribution in [2.45, 2.75) is 25.7 Å². The Labute approximate surface area is 157 Å². The van der Waals surface area contributed by atoms with E-state index >= 15 is 0 Å². The molecule has 0 spiro atoms. The van der Waals surface area contributed by atoms with Crippen LogP contribution in [0.3, 0.4) is 0 Å². The summed E-state index contributed by atoms with van der Waals surface area (Å²) in [5, 5.41) is 2.42. The van der Waals surface area contributed by atoms with Crippen LogP contribution in [0.1, 0.15) is 28.9 Å². The second-order valence-corrected chi connectivity index (χ2v) is 6.53. The number of piperidine rings is 1. The van der Waals surface area contributed by atoms with E-state index in [1.165, 1.54) is 6.20 Å². The third-order valence-corrected chi connectivity index (χ3v) is 4.29. The minimum Gasteiger partial charge on any atom is -0.340 e. The summed E-state index contributed by atoms with van der Waals surface area (Å²) in [6.07, 6.45) is 0.683. The second kappa shape index (κ2) is 7.24. The van der Waals surface area contributed by atoms with Crippen molar-refractivity contribution in [2.24, 2.45) is 0 Å². The molecule has 1 N–H and O–H groups in total. The summed E-state index contributed by atoms with van der Waals surface area (Å²) in [6, 6.07) is 1.56. The van der Waals surface area contributed by atoms with Gasteiger partial charge in [-0.3, -0.25) is 4.79 Å². The van der Waals surface area contributed by atoms with Gasteiger partial charge in [0.1, 0.15) is 11.0 Å². The van der Waals surface area contributed by atoms with Gasteiger partial charge in [0, 0.05) is 43.9 Å². The first-order valence-electron chi connectivity index (χ1n) is 7.71. The third-order valence-electron chi connectivity index (χ3n) is 3.82. The van der Waals surface area contributed by atoms with Gasteiger partial charge in [-0.15, -0.1) is 0 Å². The van der Waals surface area contributed by atoms with Gasteiger partial charge < -0.3 is 10.2 Å². The van der Waals surface area contributed by atoms with Crippen LogP contribution < -0.4 is 10.2 Å². The average molecular weight is 403 g/mol. The van der Waals surface area contributed by atoms with Crippen LogP contribution in [0.5, 0.6) is 0 Å². The number of hydrogen-bond acceptors (Lipinski definition) is 6. The summed E-state index contributed by atoms with van der Waals surface area (Å²) >= 11 is 11.5. The molecule has 138 valence electrons. The van der Waals surface area contributed by atoms with Crippen LogP contribution in [0.15, 0.2) is 12.3 Å². The fourth-order valence-electron chi connectivity index (χ4n) is 2.47. The van der Waals surface area contributed by atoms with Crippen LogP contribution in [0.4, 0.5) is 20.5 Å². The Kier molecular flexibility index (Phi) is 5.19. The summed E-state index contributed by atoms with van der Waals surface area (Å²) in [4.78, 5) is 29.9. The number of amides is 1. The Morgan fingerprint density at radius 2 is 1.92 bits per heavy atom. The smallest absolute Gasteiger partial charge is 0.261 e. The first-order valence-corrected chi connectivity index (χ1v) is 8.47. The molecule has 1 fully saturated rings. The van der Waals surface area contributed by atoms with Gasteiger partial charge in [-0.05, 0) is 18.5 Å². The van der Waals surface area contributed by atoms with Crippen molar-refractivity contribution >= 4 is 40.9 Å². The van der Waals surface area contributed by atoms with Crippen LogP contribution >= 0.6 is 23.2 Å². The molecule has 0 aliphatic carbocycles. The molecular weight excluding hydrogens is 389 g/mol. The molecule has 3 heterocycles. The molecule has 1 aliphatic rings. The van der Waals surface area contributed by atoms with Gasteiger partial charge in [0.15, 0.2) is 0 Å². The lowest BCUT2D eigenvalue weighted by molar-refractivity contribution is -0.0222. The number of nitrogens with one attached hydrogen (secondary N) is 1. The molecule has 0 bridgehead atoms. The van der Waals surface area contributed by atoms with Gasteiger partial charge in [0.2, 0.25) is 11.2 Å². The highest BCUT2D eigenvalue weighted by Gasteiger charge is 2.34. The van der Waals surface area contributed by atoms with Crippen molar-refractivity contribution in [1.82, 2.24) is 19.9 Å².